The van der Waals surface area contributed by atoms with Gasteiger partial charge in [0.2, 0.25) is 0 Å². The van der Waals surface area contributed by atoms with Crippen LogP contribution in [0, 0.1) is 0 Å². The maximum absolute atomic E-state index is 5.73. The van der Waals surface area contributed by atoms with Gasteiger partial charge in [-0.05, 0) is 33.9 Å². The molecular formula is C10H18N4. The third-order valence-electron chi connectivity index (χ3n) is 2.88. The number of rotatable bonds is 3. The van der Waals surface area contributed by atoms with E-state index in [9.17, 15) is 0 Å². The largest absolute Gasteiger partial charge is 0.382 e. The fourth-order valence-electron chi connectivity index (χ4n) is 1.62. The van der Waals surface area contributed by atoms with Crippen molar-refractivity contribution in [3.8, 4) is 0 Å². The quantitative estimate of drug-likeness (QED) is 0.791. The highest BCUT2D eigenvalue weighted by Crippen LogP contribution is 2.37. The zero-order valence-corrected chi connectivity index (χ0v) is 9.07. The molecule has 1 heterocycles. The first kappa shape index (κ1) is 9.52. The molecule has 2 rings (SSSR count). The van der Waals surface area contributed by atoms with Crippen LogP contribution < -0.4 is 5.73 Å². The van der Waals surface area contributed by atoms with Gasteiger partial charge in [0.05, 0.1) is 11.7 Å². The second-order valence-electron chi connectivity index (χ2n) is 4.31. The lowest BCUT2D eigenvalue weighted by molar-refractivity contribution is 0.303. The highest BCUT2D eigenvalue weighted by Gasteiger charge is 2.28. The Morgan fingerprint density at radius 1 is 1.57 bits per heavy atom. The Morgan fingerprint density at radius 3 is 2.71 bits per heavy atom. The Bertz CT molecular complexity index is 325. The van der Waals surface area contributed by atoms with Gasteiger partial charge in [0.1, 0.15) is 5.82 Å². The predicted octanol–water partition coefficient (Wildman–Crippen LogP) is 1.42. The SMILES string of the molecule is CC(c1cc(N)nn1C1CC1)N(C)C. The monoisotopic (exact) mass is 194 g/mol. The van der Waals surface area contributed by atoms with Gasteiger partial charge in [-0.15, -0.1) is 0 Å². The molecule has 1 aliphatic carbocycles. The molecule has 0 aromatic carbocycles. The molecule has 1 aromatic heterocycles. The summed E-state index contributed by atoms with van der Waals surface area (Å²) in [6.07, 6.45) is 2.49. The predicted molar refractivity (Wildman–Crippen MR) is 57.0 cm³/mol. The van der Waals surface area contributed by atoms with Crippen LogP contribution in [0.15, 0.2) is 6.07 Å². The Balaban J connectivity index is 2.30. The minimum atomic E-state index is 0.375. The molecule has 2 N–H and O–H groups in total. The van der Waals surface area contributed by atoms with Crippen molar-refractivity contribution < 1.29 is 0 Å². The number of hydrogen-bond donors (Lipinski definition) is 1. The summed E-state index contributed by atoms with van der Waals surface area (Å²) in [5, 5.41) is 4.34. The van der Waals surface area contributed by atoms with Crippen LogP contribution in [0.3, 0.4) is 0 Å². The average molecular weight is 194 g/mol. The number of anilines is 1. The summed E-state index contributed by atoms with van der Waals surface area (Å²) >= 11 is 0. The minimum Gasteiger partial charge on any atom is -0.382 e. The van der Waals surface area contributed by atoms with Gasteiger partial charge in [0.25, 0.3) is 0 Å². The minimum absolute atomic E-state index is 0.375. The van der Waals surface area contributed by atoms with Crippen molar-refractivity contribution in [1.29, 1.82) is 0 Å². The van der Waals surface area contributed by atoms with Crippen molar-refractivity contribution in [2.75, 3.05) is 19.8 Å². The van der Waals surface area contributed by atoms with Crippen LogP contribution in [0.1, 0.15) is 37.5 Å². The summed E-state index contributed by atoms with van der Waals surface area (Å²) in [6, 6.07) is 2.97. The summed E-state index contributed by atoms with van der Waals surface area (Å²) in [5.74, 6) is 0.639. The number of nitrogens with two attached hydrogens (primary N) is 1. The summed E-state index contributed by atoms with van der Waals surface area (Å²) in [5.41, 5.74) is 6.96. The molecule has 0 bridgehead atoms. The normalized spacial score (nSPS) is 18.9. The van der Waals surface area contributed by atoms with E-state index in [-0.39, 0.29) is 0 Å². The van der Waals surface area contributed by atoms with Gasteiger partial charge in [0.15, 0.2) is 0 Å². The van der Waals surface area contributed by atoms with E-state index in [1.807, 2.05) is 6.07 Å². The van der Waals surface area contributed by atoms with Gasteiger partial charge in [-0.1, -0.05) is 0 Å². The molecule has 0 spiro atoms. The first-order valence-electron chi connectivity index (χ1n) is 5.11. The van der Waals surface area contributed by atoms with Crippen LogP contribution in [0.2, 0.25) is 0 Å². The first-order valence-corrected chi connectivity index (χ1v) is 5.11. The smallest absolute Gasteiger partial charge is 0.145 e. The number of nitrogens with zero attached hydrogens (tertiary/aromatic N) is 3. The molecule has 1 unspecified atom stereocenters. The molecule has 0 amide bonds. The first-order chi connectivity index (χ1) is 6.59. The summed E-state index contributed by atoms with van der Waals surface area (Å²) in [6.45, 7) is 2.18. The van der Waals surface area contributed by atoms with Crippen LogP contribution in [0.5, 0.6) is 0 Å². The molecule has 14 heavy (non-hydrogen) atoms. The maximum Gasteiger partial charge on any atom is 0.145 e. The van der Waals surface area contributed by atoms with Crippen molar-refractivity contribution in [2.24, 2.45) is 0 Å². The second-order valence-corrected chi connectivity index (χ2v) is 4.31. The molecule has 1 aromatic rings. The lowest BCUT2D eigenvalue weighted by atomic mass is 10.2. The van der Waals surface area contributed by atoms with Crippen molar-refractivity contribution in [2.45, 2.75) is 31.8 Å². The molecule has 4 heteroatoms. The van der Waals surface area contributed by atoms with Gasteiger partial charge in [-0.2, -0.15) is 5.10 Å². The van der Waals surface area contributed by atoms with Crippen molar-refractivity contribution in [1.82, 2.24) is 14.7 Å². The topological polar surface area (TPSA) is 47.1 Å². The van der Waals surface area contributed by atoms with Gasteiger partial charge in [-0.25, -0.2) is 0 Å². The van der Waals surface area contributed by atoms with Gasteiger partial charge in [0, 0.05) is 12.1 Å². The Morgan fingerprint density at radius 2 is 2.21 bits per heavy atom. The summed E-state index contributed by atoms with van der Waals surface area (Å²) < 4.78 is 2.10. The van der Waals surface area contributed by atoms with Crippen molar-refractivity contribution in [3.63, 3.8) is 0 Å². The fraction of sp³-hybridized carbons (Fsp3) is 0.700. The third kappa shape index (κ3) is 1.62. The molecule has 1 atom stereocenters. The number of nitrogen functional groups attached to an aromatic ring is 1. The standard InChI is InChI=1S/C10H18N4/c1-7(13(2)3)9-6-10(11)12-14(9)8-4-5-8/h6-8H,4-5H2,1-3H3,(H2,11,12). The zero-order valence-electron chi connectivity index (χ0n) is 9.07. The molecule has 0 saturated heterocycles. The van der Waals surface area contributed by atoms with E-state index in [0.717, 1.165) is 0 Å². The average Bonchev–Trinajstić information content (AvgIpc) is 2.88. The molecule has 1 aliphatic rings. The van der Waals surface area contributed by atoms with E-state index in [0.29, 0.717) is 17.9 Å². The Kier molecular flexibility index (Phi) is 2.23. The maximum atomic E-state index is 5.73. The zero-order chi connectivity index (χ0) is 10.3. The van der Waals surface area contributed by atoms with Crippen LogP contribution in [-0.2, 0) is 0 Å². The molecule has 0 aliphatic heterocycles. The van der Waals surface area contributed by atoms with Gasteiger partial charge < -0.3 is 10.6 Å². The van der Waals surface area contributed by atoms with E-state index in [1.165, 1.54) is 18.5 Å². The fourth-order valence-corrected chi connectivity index (χ4v) is 1.62. The molecular weight excluding hydrogens is 176 g/mol. The molecule has 4 nitrogen and oxygen atoms in total. The Labute approximate surface area is 84.7 Å². The molecule has 78 valence electrons. The second kappa shape index (κ2) is 3.28. The molecule has 0 radical (unpaired) electrons. The van der Waals surface area contributed by atoms with Gasteiger partial charge in [-0.3, -0.25) is 4.68 Å². The van der Waals surface area contributed by atoms with Crippen LogP contribution >= 0.6 is 0 Å². The van der Waals surface area contributed by atoms with Crippen molar-refractivity contribution >= 4 is 5.82 Å². The molecule has 1 fully saturated rings. The van der Waals surface area contributed by atoms with E-state index < -0.39 is 0 Å². The van der Waals surface area contributed by atoms with E-state index in [1.54, 1.807) is 0 Å². The Hall–Kier alpha value is -1.03. The number of aromatic nitrogens is 2. The summed E-state index contributed by atoms with van der Waals surface area (Å²) in [7, 11) is 4.15. The van der Waals surface area contributed by atoms with Crippen LogP contribution in [0.4, 0.5) is 5.82 Å². The molecule has 1 saturated carbocycles. The number of hydrogen-bond acceptors (Lipinski definition) is 3. The van der Waals surface area contributed by atoms with Crippen LogP contribution in [-0.4, -0.2) is 28.8 Å². The van der Waals surface area contributed by atoms with Crippen molar-refractivity contribution in [3.05, 3.63) is 11.8 Å². The van der Waals surface area contributed by atoms with E-state index in [2.05, 4.69) is 35.7 Å². The summed E-state index contributed by atoms with van der Waals surface area (Å²) in [4.78, 5) is 2.18. The van der Waals surface area contributed by atoms with Gasteiger partial charge >= 0.3 is 0 Å². The lowest BCUT2D eigenvalue weighted by Gasteiger charge is -2.20. The van der Waals surface area contributed by atoms with E-state index in [4.69, 9.17) is 5.73 Å². The van der Waals surface area contributed by atoms with E-state index >= 15 is 0 Å². The van der Waals surface area contributed by atoms with Crippen LogP contribution in [0.25, 0.3) is 0 Å². The highest BCUT2D eigenvalue weighted by atomic mass is 15.3. The lowest BCUT2D eigenvalue weighted by Crippen LogP contribution is -2.20. The third-order valence-corrected chi connectivity index (χ3v) is 2.88. The highest BCUT2D eigenvalue weighted by molar-refractivity contribution is 5.31.